The SMILES string of the molecule is CCn1cccc1Cn1nc(NC(=O)c2ccc3c(c2)OCCCO3)sc1=S. The first-order valence-electron chi connectivity index (χ1n) is 9.07. The Hall–Kier alpha value is -2.65. The molecule has 7 nitrogen and oxygen atoms in total. The Labute approximate surface area is 171 Å². The quantitative estimate of drug-likeness (QED) is 0.638. The second-order valence-corrected chi connectivity index (χ2v) is 7.91. The molecule has 3 heterocycles. The maximum absolute atomic E-state index is 12.6. The van der Waals surface area contributed by atoms with Gasteiger partial charge in [0.05, 0.1) is 19.8 Å². The van der Waals surface area contributed by atoms with Crippen LogP contribution >= 0.6 is 23.6 Å². The third kappa shape index (κ3) is 3.95. The Morgan fingerprint density at radius 3 is 2.93 bits per heavy atom. The van der Waals surface area contributed by atoms with Crippen molar-refractivity contribution in [3.8, 4) is 11.5 Å². The van der Waals surface area contributed by atoms with Crippen LogP contribution < -0.4 is 14.8 Å². The Morgan fingerprint density at radius 1 is 1.29 bits per heavy atom. The van der Waals surface area contributed by atoms with Gasteiger partial charge >= 0.3 is 0 Å². The summed E-state index contributed by atoms with van der Waals surface area (Å²) in [6.45, 7) is 4.72. The molecule has 0 fully saturated rings. The van der Waals surface area contributed by atoms with Gasteiger partial charge in [0.2, 0.25) is 5.13 Å². The number of nitrogens with zero attached hydrogens (tertiary/aromatic N) is 3. The molecule has 0 saturated carbocycles. The molecule has 9 heteroatoms. The van der Waals surface area contributed by atoms with E-state index in [4.69, 9.17) is 21.7 Å². The number of amides is 1. The van der Waals surface area contributed by atoms with E-state index < -0.39 is 0 Å². The molecule has 1 aliphatic heterocycles. The molecule has 0 saturated heterocycles. The van der Waals surface area contributed by atoms with Crippen molar-refractivity contribution in [3.63, 3.8) is 0 Å². The first-order valence-corrected chi connectivity index (χ1v) is 10.3. The highest BCUT2D eigenvalue weighted by molar-refractivity contribution is 7.73. The molecule has 1 aromatic carbocycles. The first kappa shape index (κ1) is 18.7. The molecule has 146 valence electrons. The number of aryl methyl sites for hydroxylation is 1. The van der Waals surface area contributed by atoms with Crippen LogP contribution in [-0.2, 0) is 13.1 Å². The van der Waals surface area contributed by atoms with Crippen molar-refractivity contribution in [2.75, 3.05) is 18.5 Å². The molecular weight excluding hydrogens is 396 g/mol. The minimum atomic E-state index is -0.261. The molecule has 1 amide bonds. The second kappa shape index (κ2) is 8.15. The molecule has 1 N–H and O–H groups in total. The van der Waals surface area contributed by atoms with Crippen molar-refractivity contribution in [2.45, 2.75) is 26.4 Å². The predicted molar refractivity (Wildman–Crippen MR) is 110 cm³/mol. The van der Waals surface area contributed by atoms with Gasteiger partial charge in [-0.2, -0.15) is 0 Å². The number of carbonyl (C=O) groups is 1. The maximum Gasteiger partial charge on any atom is 0.257 e. The van der Waals surface area contributed by atoms with Gasteiger partial charge in [-0.05, 0) is 49.5 Å². The Kier molecular flexibility index (Phi) is 5.45. The molecule has 2 aromatic heterocycles. The minimum Gasteiger partial charge on any atom is -0.490 e. The molecule has 0 bridgehead atoms. The summed E-state index contributed by atoms with van der Waals surface area (Å²) in [4.78, 5) is 12.6. The highest BCUT2D eigenvalue weighted by atomic mass is 32.1. The first-order chi connectivity index (χ1) is 13.6. The normalized spacial score (nSPS) is 13.2. The smallest absolute Gasteiger partial charge is 0.257 e. The van der Waals surface area contributed by atoms with Gasteiger partial charge in [0.15, 0.2) is 15.5 Å². The topological polar surface area (TPSA) is 70.3 Å². The lowest BCUT2D eigenvalue weighted by atomic mass is 10.2. The highest BCUT2D eigenvalue weighted by Gasteiger charge is 2.16. The number of carbonyl (C=O) groups excluding carboxylic acids is 1. The third-order valence-corrected chi connectivity index (χ3v) is 5.64. The van der Waals surface area contributed by atoms with Crippen LogP contribution in [-0.4, -0.2) is 33.5 Å². The summed E-state index contributed by atoms with van der Waals surface area (Å²) in [5, 5.41) is 7.75. The van der Waals surface area contributed by atoms with Crippen LogP contribution in [0.4, 0.5) is 5.13 Å². The van der Waals surface area contributed by atoms with E-state index in [1.807, 2.05) is 18.3 Å². The van der Waals surface area contributed by atoms with Gasteiger partial charge in [0.25, 0.3) is 5.91 Å². The Balaban J connectivity index is 1.49. The molecule has 0 radical (unpaired) electrons. The van der Waals surface area contributed by atoms with Crippen LogP contribution in [0.2, 0.25) is 0 Å². The van der Waals surface area contributed by atoms with Crippen LogP contribution in [0.25, 0.3) is 0 Å². The minimum absolute atomic E-state index is 0.261. The van der Waals surface area contributed by atoms with Crippen LogP contribution in [0.5, 0.6) is 11.5 Å². The van der Waals surface area contributed by atoms with Crippen molar-refractivity contribution in [3.05, 3.63) is 51.7 Å². The molecule has 1 aliphatic rings. The average Bonchev–Trinajstić information content (AvgIpc) is 3.19. The van der Waals surface area contributed by atoms with Crippen molar-refractivity contribution in [1.82, 2.24) is 14.3 Å². The standard InChI is InChI=1S/C19H20N4O3S2/c1-2-22-8-3-5-14(22)12-23-19(27)28-18(21-23)20-17(24)13-6-7-15-16(11-13)26-10-4-9-25-15/h3,5-8,11H,2,4,9-10,12H2,1H3,(H,20,21,24). The number of nitrogens with one attached hydrogen (secondary N) is 1. The third-order valence-electron chi connectivity index (χ3n) is 4.41. The van der Waals surface area contributed by atoms with E-state index >= 15 is 0 Å². The van der Waals surface area contributed by atoms with Gasteiger partial charge in [0, 0.05) is 30.4 Å². The molecule has 0 spiro atoms. The number of ether oxygens (including phenoxy) is 2. The fourth-order valence-electron chi connectivity index (χ4n) is 2.99. The number of anilines is 1. The van der Waals surface area contributed by atoms with Gasteiger partial charge in [-0.1, -0.05) is 11.3 Å². The van der Waals surface area contributed by atoms with E-state index in [2.05, 4.69) is 21.9 Å². The molecule has 4 rings (SSSR count). The van der Waals surface area contributed by atoms with Crippen molar-refractivity contribution >= 4 is 34.6 Å². The second-order valence-electron chi connectivity index (χ2n) is 6.28. The summed E-state index contributed by atoms with van der Waals surface area (Å²) in [7, 11) is 0. The molecule has 0 atom stereocenters. The number of hydrogen-bond donors (Lipinski definition) is 1. The fraction of sp³-hybridized carbons (Fsp3) is 0.316. The number of aromatic nitrogens is 3. The number of rotatable bonds is 5. The Morgan fingerprint density at radius 2 is 2.11 bits per heavy atom. The van der Waals surface area contributed by atoms with E-state index in [1.165, 1.54) is 11.3 Å². The van der Waals surface area contributed by atoms with E-state index in [0.717, 1.165) is 18.7 Å². The molecular formula is C19H20N4O3S2. The zero-order valence-electron chi connectivity index (χ0n) is 15.4. The summed E-state index contributed by atoms with van der Waals surface area (Å²) in [5.41, 5.74) is 1.60. The lowest BCUT2D eigenvalue weighted by Crippen LogP contribution is -2.13. The number of benzene rings is 1. The van der Waals surface area contributed by atoms with E-state index in [0.29, 0.717) is 45.9 Å². The largest absolute Gasteiger partial charge is 0.490 e. The molecule has 0 aliphatic carbocycles. The van der Waals surface area contributed by atoms with Crippen molar-refractivity contribution in [1.29, 1.82) is 0 Å². The van der Waals surface area contributed by atoms with Crippen LogP contribution in [0.1, 0.15) is 29.4 Å². The predicted octanol–water partition coefficient (Wildman–Crippen LogP) is 3.96. The van der Waals surface area contributed by atoms with Gasteiger partial charge in [-0.3, -0.25) is 10.1 Å². The van der Waals surface area contributed by atoms with E-state index in [1.54, 1.807) is 22.9 Å². The zero-order chi connectivity index (χ0) is 19.5. The highest BCUT2D eigenvalue weighted by Crippen LogP contribution is 2.30. The van der Waals surface area contributed by atoms with Gasteiger partial charge in [-0.25, -0.2) is 4.68 Å². The fourth-order valence-corrected chi connectivity index (χ4v) is 3.99. The molecule has 3 aromatic rings. The van der Waals surface area contributed by atoms with E-state index in [9.17, 15) is 4.79 Å². The maximum atomic E-state index is 12.6. The van der Waals surface area contributed by atoms with Gasteiger partial charge in [-0.15, -0.1) is 5.10 Å². The van der Waals surface area contributed by atoms with Gasteiger partial charge < -0.3 is 14.0 Å². The summed E-state index contributed by atoms with van der Waals surface area (Å²) in [5.74, 6) is 0.986. The number of hydrogen-bond acceptors (Lipinski definition) is 6. The zero-order valence-corrected chi connectivity index (χ0v) is 17.0. The average molecular weight is 417 g/mol. The van der Waals surface area contributed by atoms with Crippen LogP contribution in [0, 0.1) is 3.95 Å². The number of fused-ring (bicyclic) bond motifs is 1. The molecule has 28 heavy (non-hydrogen) atoms. The summed E-state index contributed by atoms with van der Waals surface area (Å²) < 4.78 is 15.7. The van der Waals surface area contributed by atoms with Crippen molar-refractivity contribution < 1.29 is 14.3 Å². The Bertz CT molecular complexity index is 1050. The van der Waals surface area contributed by atoms with Crippen molar-refractivity contribution in [2.24, 2.45) is 0 Å². The summed E-state index contributed by atoms with van der Waals surface area (Å²) in [6.07, 6.45) is 2.84. The summed E-state index contributed by atoms with van der Waals surface area (Å²) >= 11 is 6.69. The molecule has 0 unspecified atom stereocenters. The van der Waals surface area contributed by atoms with Crippen LogP contribution in [0.15, 0.2) is 36.5 Å². The van der Waals surface area contributed by atoms with Crippen LogP contribution in [0.3, 0.4) is 0 Å². The lowest BCUT2D eigenvalue weighted by Gasteiger charge is -2.09. The summed E-state index contributed by atoms with van der Waals surface area (Å²) in [6, 6.07) is 9.21. The monoisotopic (exact) mass is 416 g/mol. The van der Waals surface area contributed by atoms with E-state index in [-0.39, 0.29) is 5.91 Å². The van der Waals surface area contributed by atoms with Gasteiger partial charge in [0.1, 0.15) is 0 Å². The lowest BCUT2D eigenvalue weighted by molar-refractivity contribution is 0.102.